The van der Waals surface area contributed by atoms with Crippen molar-refractivity contribution in [3.8, 4) is 0 Å². The van der Waals surface area contributed by atoms with E-state index in [1.165, 1.54) is 30.3 Å². The number of primary sulfonamides is 1. The minimum Gasteiger partial charge on any atom is -0.330 e. The van der Waals surface area contributed by atoms with E-state index in [-0.39, 0.29) is 16.0 Å². The van der Waals surface area contributed by atoms with E-state index in [0.29, 0.717) is 16.7 Å². The van der Waals surface area contributed by atoms with Gasteiger partial charge in [-0.15, -0.1) is 0 Å². The molecule has 142 valence electrons. The van der Waals surface area contributed by atoms with Crippen LogP contribution in [-0.2, 0) is 10.0 Å². The van der Waals surface area contributed by atoms with Crippen LogP contribution >= 0.6 is 23.2 Å². The number of halogens is 4. The summed E-state index contributed by atoms with van der Waals surface area (Å²) in [5.41, 5.74) is 1.44. The maximum Gasteiger partial charge on any atom is 0.256 e. The molecule has 0 aliphatic rings. The summed E-state index contributed by atoms with van der Waals surface area (Å²) in [4.78, 5) is 6.65. The van der Waals surface area contributed by atoms with E-state index in [9.17, 15) is 17.2 Å². The molecule has 2 aromatic carbocycles. The molecule has 1 atom stereocenters. The monoisotopic (exact) mass is 431 g/mol. The molecule has 0 saturated heterocycles. The number of sulfonamides is 1. The van der Waals surface area contributed by atoms with Crippen molar-refractivity contribution >= 4 is 33.2 Å². The molecule has 1 unspecified atom stereocenters. The van der Waals surface area contributed by atoms with Crippen LogP contribution < -0.4 is 5.14 Å². The average Bonchev–Trinajstić information content (AvgIpc) is 2.96. The number of nitrogens with one attached hydrogen (secondary N) is 1. The predicted octanol–water partition coefficient (Wildman–Crippen LogP) is 4.13. The lowest BCUT2D eigenvalue weighted by molar-refractivity contribution is 0.594. The molecule has 0 aliphatic carbocycles. The van der Waals surface area contributed by atoms with Gasteiger partial charge in [0.25, 0.3) is 10.0 Å². The molecule has 0 saturated carbocycles. The van der Waals surface area contributed by atoms with Gasteiger partial charge in [0, 0.05) is 0 Å². The quantitative estimate of drug-likeness (QED) is 0.650. The SMILES string of the molecule is Cc1cc(C(c2ccc(F)c(Cl)c2)c2nc(Cl)c(S(N)(=O)=O)[nH]2)ccc1F. The Morgan fingerprint density at radius 2 is 1.67 bits per heavy atom. The zero-order valence-corrected chi connectivity index (χ0v) is 16.1. The summed E-state index contributed by atoms with van der Waals surface area (Å²) in [5.74, 6) is -1.59. The van der Waals surface area contributed by atoms with Crippen LogP contribution in [0.1, 0.15) is 28.4 Å². The number of hydrogen-bond acceptors (Lipinski definition) is 3. The maximum atomic E-state index is 13.7. The average molecular weight is 432 g/mol. The predicted molar refractivity (Wildman–Crippen MR) is 98.5 cm³/mol. The van der Waals surface area contributed by atoms with Crippen molar-refractivity contribution in [2.75, 3.05) is 0 Å². The Morgan fingerprint density at radius 3 is 2.19 bits per heavy atom. The standard InChI is InChI=1S/C17H13Cl2F2N3O2S/c1-8-6-9(2-4-12(8)20)14(10-3-5-13(21)11(18)7-10)16-23-15(19)17(24-16)27(22,25)26/h2-7,14H,1H3,(H,23,24)(H2,22,25,26). The van der Waals surface area contributed by atoms with Crippen molar-refractivity contribution in [2.45, 2.75) is 17.9 Å². The van der Waals surface area contributed by atoms with Gasteiger partial charge in [0.1, 0.15) is 17.5 Å². The van der Waals surface area contributed by atoms with E-state index in [1.54, 1.807) is 13.0 Å². The minimum absolute atomic E-state index is 0.124. The van der Waals surface area contributed by atoms with Crippen LogP contribution in [0.5, 0.6) is 0 Å². The number of hydrogen-bond donors (Lipinski definition) is 2. The third kappa shape index (κ3) is 3.98. The first-order chi connectivity index (χ1) is 12.6. The minimum atomic E-state index is -4.14. The first-order valence-electron chi connectivity index (χ1n) is 7.57. The lowest BCUT2D eigenvalue weighted by atomic mass is 9.89. The van der Waals surface area contributed by atoms with Crippen LogP contribution in [0.15, 0.2) is 41.4 Å². The van der Waals surface area contributed by atoms with Gasteiger partial charge in [-0.1, -0.05) is 41.4 Å². The van der Waals surface area contributed by atoms with E-state index in [4.69, 9.17) is 28.3 Å². The molecule has 0 fully saturated rings. The molecular weight excluding hydrogens is 419 g/mol. The van der Waals surface area contributed by atoms with Crippen molar-refractivity contribution in [1.82, 2.24) is 9.97 Å². The largest absolute Gasteiger partial charge is 0.330 e. The van der Waals surface area contributed by atoms with E-state index in [2.05, 4.69) is 9.97 Å². The molecule has 27 heavy (non-hydrogen) atoms. The summed E-state index contributed by atoms with van der Waals surface area (Å²) >= 11 is 11.8. The number of rotatable bonds is 4. The third-order valence-corrected chi connectivity index (χ3v) is 5.54. The molecule has 1 aromatic heterocycles. The lowest BCUT2D eigenvalue weighted by Crippen LogP contribution is -2.13. The number of aromatic nitrogens is 2. The van der Waals surface area contributed by atoms with Gasteiger partial charge in [0.2, 0.25) is 0 Å². The summed E-state index contributed by atoms with van der Waals surface area (Å²) in [6.07, 6.45) is 0. The van der Waals surface area contributed by atoms with Crippen molar-refractivity contribution in [2.24, 2.45) is 5.14 Å². The van der Waals surface area contributed by atoms with Gasteiger partial charge >= 0.3 is 0 Å². The molecule has 3 aromatic rings. The van der Waals surface area contributed by atoms with Crippen LogP contribution in [0.2, 0.25) is 10.2 Å². The van der Waals surface area contributed by atoms with Crippen LogP contribution in [0.4, 0.5) is 8.78 Å². The third-order valence-electron chi connectivity index (χ3n) is 4.00. The first kappa shape index (κ1) is 19.8. The van der Waals surface area contributed by atoms with Crippen molar-refractivity contribution < 1.29 is 17.2 Å². The fourth-order valence-electron chi connectivity index (χ4n) is 2.73. The van der Waals surface area contributed by atoms with Gasteiger partial charge in [-0.3, -0.25) is 0 Å². The van der Waals surface area contributed by atoms with E-state index in [1.807, 2.05) is 0 Å². The number of benzene rings is 2. The summed E-state index contributed by atoms with van der Waals surface area (Å²) in [6.45, 7) is 1.58. The highest BCUT2D eigenvalue weighted by atomic mass is 35.5. The van der Waals surface area contributed by atoms with Gasteiger partial charge in [-0.25, -0.2) is 27.3 Å². The lowest BCUT2D eigenvalue weighted by Gasteiger charge is -2.17. The normalized spacial score (nSPS) is 13.0. The fourth-order valence-corrected chi connectivity index (χ4v) is 3.90. The van der Waals surface area contributed by atoms with Crippen molar-refractivity contribution in [3.63, 3.8) is 0 Å². The van der Waals surface area contributed by atoms with Crippen molar-refractivity contribution in [3.05, 3.63) is 80.7 Å². The molecule has 5 nitrogen and oxygen atoms in total. The Balaban J connectivity index is 2.24. The molecule has 3 rings (SSSR count). The molecule has 0 spiro atoms. The topological polar surface area (TPSA) is 88.8 Å². The van der Waals surface area contributed by atoms with Gasteiger partial charge in [0.15, 0.2) is 10.2 Å². The molecule has 3 N–H and O–H groups in total. The molecule has 1 heterocycles. The van der Waals surface area contributed by atoms with Gasteiger partial charge < -0.3 is 4.98 Å². The summed E-state index contributed by atoms with van der Waals surface area (Å²) in [6, 6.07) is 8.38. The highest BCUT2D eigenvalue weighted by Crippen LogP contribution is 2.34. The van der Waals surface area contributed by atoms with Crippen molar-refractivity contribution in [1.29, 1.82) is 0 Å². The molecule has 0 bridgehead atoms. The highest BCUT2D eigenvalue weighted by molar-refractivity contribution is 7.89. The maximum absolute atomic E-state index is 13.7. The Morgan fingerprint density at radius 1 is 1.07 bits per heavy atom. The Kier molecular flexibility index (Phi) is 5.27. The zero-order chi connectivity index (χ0) is 19.9. The van der Waals surface area contributed by atoms with E-state index < -0.39 is 32.6 Å². The number of imidazole rings is 1. The number of aromatic amines is 1. The second kappa shape index (κ2) is 7.20. The Hall–Kier alpha value is -2.00. The molecule has 0 aliphatic heterocycles. The Labute approximate surface area is 164 Å². The number of H-pyrrole nitrogens is 1. The van der Waals surface area contributed by atoms with Crippen LogP contribution in [0, 0.1) is 18.6 Å². The first-order valence-corrected chi connectivity index (χ1v) is 9.87. The number of nitrogens with two attached hydrogens (primary N) is 1. The molecular formula is C17H13Cl2F2N3O2S. The Bertz CT molecular complexity index is 1080. The molecule has 0 radical (unpaired) electrons. The van der Waals surface area contributed by atoms with E-state index >= 15 is 0 Å². The number of aryl methyl sites for hydroxylation is 1. The fraction of sp³-hybridized carbons (Fsp3) is 0.118. The number of nitrogens with zero attached hydrogens (tertiary/aromatic N) is 1. The molecule has 10 heteroatoms. The summed E-state index contributed by atoms with van der Waals surface area (Å²) in [7, 11) is -4.14. The smallest absolute Gasteiger partial charge is 0.256 e. The zero-order valence-electron chi connectivity index (χ0n) is 13.8. The second-order valence-electron chi connectivity index (χ2n) is 5.90. The van der Waals surface area contributed by atoms with Gasteiger partial charge in [0.05, 0.1) is 10.9 Å². The summed E-state index contributed by atoms with van der Waals surface area (Å²) in [5, 5.41) is 4.23. The molecule has 0 amide bonds. The summed E-state index contributed by atoms with van der Waals surface area (Å²) < 4.78 is 50.6. The van der Waals surface area contributed by atoms with Gasteiger partial charge in [-0.05, 0) is 41.8 Å². The second-order valence-corrected chi connectivity index (χ2v) is 8.17. The van der Waals surface area contributed by atoms with Crippen LogP contribution in [0.3, 0.4) is 0 Å². The van der Waals surface area contributed by atoms with Crippen LogP contribution in [-0.4, -0.2) is 18.4 Å². The van der Waals surface area contributed by atoms with E-state index in [0.717, 1.165) is 0 Å². The van der Waals surface area contributed by atoms with Crippen LogP contribution in [0.25, 0.3) is 0 Å². The van der Waals surface area contributed by atoms with Gasteiger partial charge in [-0.2, -0.15) is 0 Å². The highest BCUT2D eigenvalue weighted by Gasteiger charge is 2.26.